The number of aromatic nitrogens is 1. The van der Waals surface area contributed by atoms with E-state index in [2.05, 4.69) is 10.3 Å². The molecule has 0 unspecified atom stereocenters. The van der Waals surface area contributed by atoms with Crippen molar-refractivity contribution in [2.24, 2.45) is 0 Å². The van der Waals surface area contributed by atoms with Crippen LogP contribution in [0.3, 0.4) is 0 Å². The molecular weight excluding hydrogens is 280 g/mol. The topological polar surface area (TPSA) is 85.0 Å². The highest BCUT2D eigenvalue weighted by atomic mass is 16.3. The molecule has 2 N–H and O–H groups in total. The summed E-state index contributed by atoms with van der Waals surface area (Å²) < 4.78 is 0. The van der Waals surface area contributed by atoms with Crippen molar-refractivity contribution >= 4 is 22.4 Å². The minimum Gasteiger partial charge on any atom is -0.860 e. The van der Waals surface area contributed by atoms with Gasteiger partial charge in [0.15, 0.2) is 0 Å². The molecule has 3 rings (SSSR count). The molecule has 0 aliphatic heterocycles. The van der Waals surface area contributed by atoms with Crippen LogP contribution in [0.1, 0.15) is 15.9 Å². The van der Waals surface area contributed by atoms with Crippen LogP contribution in [0.4, 0.5) is 5.69 Å². The molecule has 2 aromatic carbocycles. The SMILES string of the molecule is Cc1ccc(NC(=O)c2c([O-])[nH]c(=O)c3ccccc23)cc1. The summed E-state index contributed by atoms with van der Waals surface area (Å²) in [6, 6.07) is 13.8. The van der Waals surface area contributed by atoms with Crippen LogP contribution in [0.15, 0.2) is 53.3 Å². The monoisotopic (exact) mass is 293 g/mol. The number of nitrogens with one attached hydrogen (secondary N) is 2. The number of anilines is 1. The molecule has 0 fully saturated rings. The lowest BCUT2D eigenvalue weighted by Crippen LogP contribution is -2.20. The Kier molecular flexibility index (Phi) is 3.39. The number of amides is 1. The molecule has 1 heterocycles. The van der Waals surface area contributed by atoms with Gasteiger partial charge in [-0.2, -0.15) is 0 Å². The summed E-state index contributed by atoms with van der Waals surface area (Å²) >= 11 is 0. The summed E-state index contributed by atoms with van der Waals surface area (Å²) in [5.41, 5.74) is 1.10. The molecule has 5 heteroatoms. The Bertz CT molecular complexity index is 911. The van der Waals surface area contributed by atoms with Gasteiger partial charge >= 0.3 is 0 Å². The maximum Gasteiger partial charge on any atom is 0.257 e. The van der Waals surface area contributed by atoms with Gasteiger partial charge in [-0.05, 0) is 31.0 Å². The van der Waals surface area contributed by atoms with Gasteiger partial charge < -0.3 is 15.4 Å². The molecule has 0 aliphatic rings. The first-order chi connectivity index (χ1) is 10.6. The quantitative estimate of drug-likeness (QED) is 0.759. The van der Waals surface area contributed by atoms with E-state index >= 15 is 0 Å². The Labute approximate surface area is 126 Å². The van der Waals surface area contributed by atoms with E-state index in [-0.39, 0.29) is 5.56 Å². The number of carbonyl (C=O) groups is 1. The fourth-order valence-electron chi connectivity index (χ4n) is 2.31. The third kappa shape index (κ3) is 2.44. The molecule has 1 amide bonds. The third-order valence-corrected chi connectivity index (χ3v) is 3.43. The van der Waals surface area contributed by atoms with E-state index in [0.29, 0.717) is 16.5 Å². The number of H-pyrrole nitrogens is 1. The van der Waals surface area contributed by atoms with E-state index in [1.165, 1.54) is 0 Å². The molecule has 0 radical (unpaired) electrons. The molecule has 5 nitrogen and oxygen atoms in total. The van der Waals surface area contributed by atoms with E-state index in [1.54, 1.807) is 36.4 Å². The molecule has 0 bridgehead atoms. The zero-order chi connectivity index (χ0) is 15.7. The van der Waals surface area contributed by atoms with Crippen molar-refractivity contribution in [1.29, 1.82) is 0 Å². The van der Waals surface area contributed by atoms with Crippen molar-refractivity contribution in [2.75, 3.05) is 5.32 Å². The Balaban J connectivity index is 2.07. The number of carbonyl (C=O) groups excluding carboxylic acids is 1. The minimum absolute atomic E-state index is 0.0595. The van der Waals surface area contributed by atoms with Crippen LogP contribution in [0.25, 0.3) is 10.8 Å². The molecule has 0 saturated carbocycles. The fraction of sp³-hybridized carbons (Fsp3) is 0.0588. The summed E-state index contributed by atoms with van der Waals surface area (Å²) in [5, 5.41) is 15.4. The van der Waals surface area contributed by atoms with Gasteiger partial charge in [0.1, 0.15) is 0 Å². The fourth-order valence-corrected chi connectivity index (χ4v) is 2.31. The number of hydrogen-bond donors (Lipinski definition) is 2. The van der Waals surface area contributed by atoms with Crippen molar-refractivity contribution in [2.45, 2.75) is 6.92 Å². The van der Waals surface area contributed by atoms with Gasteiger partial charge in [-0.15, -0.1) is 0 Å². The Morgan fingerprint density at radius 1 is 1.05 bits per heavy atom. The number of benzene rings is 2. The first kappa shape index (κ1) is 13.9. The van der Waals surface area contributed by atoms with E-state index in [0.717, 1.165) is 5.56 Å². The van der Waals surface area contributed by atoms with Crippen LogP contribution in [-0.2, 0) is 0 Å². The predicted molar refractivity (Wildman–Crippen MR) is 83.1 cm³/mol. The molecular formula is C17H13N2O3-. The van der Waals surface area contributed by atoms with Crippen molar-refractivity contribution < 1.29 is 9.90 Å². The maximum absolute atomic E-state index is 12.4. The molecule has 0 atom stereocenters. The highest BCUT2D eigenvalue weighted by Gasteiger charge is 2.13. The van der Waals surface area contributed by atoms with E-state index in [4.69, 9.17) is 0 Å². The van der Waals surface area contributed by atoms with E-state index < -0.39 is 17.3 Å². The van der Waals surface area contributed by atoms with Gasteiger partial charge in [0.05, 0.1) is 5.56 Å². The third-order valence-electron chi connectivity index (χ3n) is 3.43. The number of aryl methyl sites for hydroxylation is 1. The van der Waals surface area contributed by atoms with Crippen molar-refractivity contribution in [1.82, 2.24) is 4.98 Å². The average Bonchev–Trinajstić information content (AvgIpc) is 2.49. The molecule has 0 aliphatic carbocycles. The van der Waals surface area contributed by atoms with Crippen LogP contribution in [0.5, 0.6) is 5.88 Å². The minimum atomic E-state index is -0.687. The summed E-state index contributed by atoms with van der Waals surface area (Å²) in [6.45, 7) is 1.94. The number of rotatable bonds is 2. The lowest BCUT2D eigenvalue weighted by Gasteiger charge is -2.15. The Morgan fingerprint density at radius 2 is 1.68 bits per heavy atom. The number of hydrogen-bond acceptors (Lipinski definition) is 3. The second-order valence-corrected chi connectivity index (χ2v) is 5.02. The molecule has 22 heavy (non-hydrogen) atoms. The molecule has 0 saturated heterocycles. The summed E-state index contributed by atoms with van der Waals surface area (Å²) in [7, 11) is 0. The zero-order valence-corrected chi connectivity index (χ0v) is 11.8. The first-order valence-electron chi connectivity index (χ1n) is 6.76. The van der Waals surface area contributed by atoms with Gasteiger partial charge in [-0.25, -0.2) is 0 Å². The summed E-state index contributed by atoms with van der Waals surface area (Å²) in [5.74, 6) is -1.23. The second kappa shape index (κ2) is 5.37. The van der Waals surface area contributed by atoms with Crippen LogP contribution in [0.2, 0.25) is 0 Å². The van der Waals surface area contributed by atoms with Gasteiger partial charge in [0.2, 0.25) is 0 Å². The zero-order valence-electron chi connectivity index (χ0n) is 11.8. The average molecular weight is 293 g/mol. The maximum atomic E-state index is 12.4. The van der Waals surface area contributed by atoms with Crippen molar-refractivity contribution in [3.05, 3.63) is 70.0 Å². The van der Waals surface area contributed by atoms with Gasteiger partial charge in [0.25, 0.3) is 11.5 Å². The smallest absolute Gasteiger partial charge is 0.257 e. The van der Waals surface area contributed by atoms with Gasteiger partial charge in [-0.3, -0.25) is 9.59 Å². The number of pyridine rings is 1. The van der Waals surface area contributed by atoms with Gasteiger partial charge in [0, 0.05) is 16.5 Å². The normalized spacial score (nSPS) is 10.6. The lowest BCUT2D eigenvalue weighted by molar-refractivity contribution is -0.275. The lowest BCUT2D eigenvalue weighted by atomic mass is 10.1. The molecule has 110 valence electrons. The highest BCUT2D eigenvalue weighted by Crippen LogP contribution is 2.22. The predicted octanol–water partition coefficient (Wildman–Crippen LogP) is 2.16. The molecule has 0 spiro atoms. The number of fused-ring (bicyclic) bond motifs is 1. The van der Waals surface area contributed by atoms with Crippen LogP contribution >= 0.6 is 0 Å². The Hall–Kier alpha value is -3.08. The Morgan fingerprint density at radius 3 is 2.36 bits per heavy atom. The van der Waals surface area contributed by atoms with E-state index in [1.807, 2.05) is 19.1 Å². The number of aromatic amines is 1. The van der Waals surface area contributed by atoms with E-state index in [9.17, 15) is 14.7 Å². The first-order valence-corrected chi connectivity index (χ1v) is 6.76. The molecule has 1 aromatic heterocycles. The van der Waals surface area contributed by atoms with Crippen molar-refractivity contribution in [3.8, 4) is 5.88 Å². The summed E-state index contributed by atoms with van der Waals surface area (Å²) in [6.07, 6.45) is 0. The van der Waals surface area contributed by atoms with Crippen molar-refractivity contribution in [3.63, 3.8) is 0 Å². The van der Waals surface area contributed by atoms with Crippen LogP contribution in [-0.4, -0.2) is 10.9 Å². The van der Waals surface area contributed by atoms with Gasteiger partial charge in [-0.1, -0.05) is 35.9 Å². The standard InChI is InChI=1S/C17H14N2O3/c1-10-6-8-11(9-7-10)18-16(21)14-12-4-2-3-5-13(12)15(20)19-17(14)22/h2-9H,1H3,(H,18,21)(H2,19,20,22)/p-1. The summed E-state index contributed by atoms with van der Waals surface area (Å²) in [4.78, 5) is 26.4. The second-order valence-electron chi connectivity index (χ2n) is 5.02. The van der Waals surface area contributed by atoms with Crippen LogP contribution < -0.4 is 16.0 Å². The van der Waals surface area contributed by atoms with Crippen LogP contribution in [0, 0.1) is 6.92 Å². The molecule has 3 aromatic rings. The highest BCUT2D eigenvalue weighted by molar-refractivity contribution is 6.14. The largest absolute Gasteiger partial charge is 0.860 e.